The van der Waals surface area contributed by atoms with Crippen molar-refractivity contribution >= 4 is 5.82 Å². The molecule has 1 unspecified atom stereocenters. The zero-order valence-corrected chi connectivity index (χ0v) is 10.5. The monoisotopic (exact) mass is 236 g/mol. The third-order valence-electron chi connectivity index (χ3n) is 2.99. The number of anilines is 1. The molecule has 1 aliphatic rings. The van der Waals surface area contributed by atoms with Crippen LogP contribution in [-0.2, 0) is 0 Å². The lowest BCUT2D eigenvalue weighted by molar-refractivity contribution is 0.325. The van der Waals surface area contributed by atoms with Gasteiger partial charge in [-0.3, -0.25) is 4.98 Å². The second-order valence-corrected chi connectivity index (χ2v) is 4.31. The molecule has 17 heavy (non-hydrogen) atoms. The van der Waals surface area contributed by atoms with Crippen molar-refractivity contribution < 1.29 is 4.74 Å². The van der Waals surface area contributed by atoms with Crippen LogP contribution >= 0.6 is 0 Å². The molecule has 1 fully saturated rings. The standard InChI is InChI=1S/C12H20N4O/c1-3-17-12-8-14-7-11(15-12)16-5-4-10(9-16)6-13-2/h7-8,10,13H,3-6,9H2,1-2H3. The summed E-state index contributed by atoms with van der Waals surface area (Å²) in [7, 11) is 2.00. The minimum absolute atomic E-state index is 0.613. The van der Waals surface area contributed by atoms with Gasteiger partial charge >= 0.3 is 0 Å². The maximum absolute atomic E-state index is 5.37. The molecule has 1 saturated heterocycles. The zero-order chi connectivity index (χ0) is 12.1. The maximum Gasteiger partial charge on any atom is 0.234 e. The van der Waals surface area contributed by atoms with E-state index in [1.165, 1.54) is 6.42 Å². The van der Waals surface area contributed by atoms with Crippen LogP contribution in [-0.4, -0.2) is 43.3 Å². The minimum atomic E-state index is 0.613. The highest BCUT2D eigenvalue weighted by molar-refractivity contribution is 5.38. The third kappa shape index (κ3) is 3.06. The molecule has 0 radical (unpaired) electrons. The number of nitrogens with zero attached hydrogens (tertiary/aromatic N) is 3. The second-order valence-electron chi connectivity index (χ2n) is 4.31. The first-order chi connectivity index (χ1) is 8.33. The van der Waals surface area contributed by atoms with Crippen LogP contribution < -0.4 is 15.0 Å². The molecule has 0 aliphatic carbocycles. The Bertz CT molecular complexity index is 358. The molecule has 2 heterocycles. The highest BCUT2D eigenvalue weighted by Crippen LogP contribution is 2.22. The second kappa shape index (κ2) is 5.82. The Morgan fingerprint density at radius 3 is 3.18 bits per heavy atom. The number of aromatic nitrogens is 2. The molecule has 0 amide bonds. The fourth-order valence-corrected chi connectivity index (χ4v) is 2.20. The van der Waals surface area contributed by atoms with Gasteiger partial charge in [0.1, 0.15) is 0 Å². The van der Waals surface area contributed by atoms with E-state index in [1.807, 2.05) is 20.2 Å². The van der Waals surface area contributed by atoms with E-state index in [2.05, 4.69) is 20.2 Å². The average Bonchev–Trinajstić information content (AvgIpc) is 2.79. The number of rotatable bonds is 5. The molecular weight excluding hydrogens is 216 g/mol. The van der Waals surface area contributed by atoms with Gasteiger partial charge in [0.25, 0.3) is 0 Å². The van der Waals surface area contributed by atoms with Crippen LogP contribution in [0.3, 0.4) is 0 Å². The van der Waals surface area contributed by atoms with Crippen LogP contribution in [0.5, 0.6) is 5.88 Å². The molecule has 0 spiro atoms. The van der Waals surface area contributed by atoms with Crippen molar-refractivity contribution in [3.8, 4) is 5.88 Å². The Morgan fingerprint density at radius 1 is 1.53 bits per heavy atom. The van der Waals surface area contributed by atoms with Gasteiger partial charge in [0.05, 0.1) is 19.0 Å². The highest BCUT2D eigenvalue weighted by atomic mass is 16.5. The molecule has 1 aromatic rings. The fourth-order valence-electron chi connectivity index (χ4n) is 2.20. The van der Waals surface area contributed by atoms with Gasteiger partial charge in [0.2, 0.25) is 5.88 Å². The molecule has 5 nitrogen and oxygen atoms in total. The molecule has 1 aliphatic heterocycles. The first-order valence-electron chi connectivity index (χ1n) is 6.18. The predicted molar refractivity (Wildman–Crippen MR) is 67.4 cm³/mol. The molecule has 5 heteroatoms. The van der Waals surface area contributed by atoms with Crippen LogP contribution in [0, 0.1) is 5.92 Å². The molecule has 1 aromatic heterocycles. The molecule has 0 saturated carbocycles. The van der Waals surface area contributed by atoms with Crippen molar-refractivity contribution in [1.29, 1.82) is 0 Å². The smallest absolute Gasteiger partial charge is 0.234 e. The number of nitrogens with one attached hydrogen (secondary N) is 1. The Morgan fingerprint density at radius 2 is 2.41 bits per heavy atom. The molecule has 0 bridgehead atoms. The Hall–Kier alpha value is -1.36. The van der Waals surface area contributed by atoms with Gasteiger partial charge in [0, 0.05) is 13.1 Å². The van der Waals surface area contributed by atoms with Gasteiger partial charge < -0.3 is 15.0 Å². The summed E-state index contributed by atoms with van der Waals surface area (Å²) in [5.41, 5.74) is 0. The Labute approximate surface area is 102 Å². The molecule has 1 N–H and O–H groups in total. The van der Waals surface area contributed by atoms with Crippen LogP contribution in [0.2, 0.25) is 0 Å². The Kier molecular flexibility index (Phi) is 4.14. The summed E-state index contributed by atoms with van der Waals surface area (Å²) in [6.07, 6.45) is 4.68. The molecule has 0 aromatic carbocycles. The number of hydrogen-bond acceptors (Lipinski definition) is 5. The van der Waals surface area contributed by atoms with E-state index < -0.39 is 0 Å². The quantitative estimate of drug-likeness (QED) is 0.824. The normalized spacial score (nSPS) is 19.6. The summed E-state index contributed by atoms with van der Waals surface area (Å²) < 4.78 is 5.37. The molecule has 1 atom stereocenters. The molecule has 94 valence electrons. The van der Waals surface area contributed by atoms with Crippen LogP contribution in [0.1, 0.15) is 13.3 Å². The van der Waals surface area contributed by atoms with E-state index in [-0.39, 0.29) is 0 Å². The molecule has 2 rings (SSSR count). The highest BCUT2D eigenvalue weighted by Gasteiger charge is 2.23. The topological polar surface area (TPSA) is 50.3 Å². The average molecular weight is 236 g/mol. The summed E-state index contributed by atoms with van der Waals surface area (Å²) in [5.74, 6) is 2.24. The zero-order valence-electron chi connectivity index (χ0n) is 10.5. The van der Waals surface area contributed by atoms with Crippen molar-refractivity contribution in [2.75, 3.05) is 38.2 Å². The van der Waals surface area contributed by atoms with Crippen molar-refractivity contribution in [1.82, 2.24) is 15.3 Å². The van der Waals surface area contributed by atoms with Crippen molar-refractivity contribution in [3.63, 3.8) is 0 Å². The fraction of sp³-hybridized carbons (Fsp3) is 0.667. The van der Waals surface area contributed by atoms with Crippen molar-refractivity contribution in [2.24, 2.45) is 5.92 Å². The lowest BCUT2D eigenvalue weighted by Gasteiger charge is -2.17. The first kappa shape index (κ1) is 12.1. The van der Waals surface area contributed by atoms with E-state index in [0.29, 0.717) is 18.4 Å². The van der Waals surface area contributed by atoms with E-state index in [1.54, 1.807) is 6.20 Å². The van der Waals surface area contributed by atoms with Crippen LogP contribution in [0.15, 0.2) is 12.4 Å². The van der Waals surface area contributed by atoms with Crippen molar-refractivity contribution in [3.05, 3.63) is 12.4 Å². The van der Waals surface area contributed by atoms with E-state index >= 15 is 0 Å². The Balaban J connectivity index is 2.00. The first-order valence-corrected chi connectivity index (χ1v) is 6.18. The van der Waals surface area contributed by atoms with Crippen LogP contribution in [0.25, 0.3) is 0 Å². The van der Waals surface area contributed by atoms with E-state index in [4.69, 9.17) is 4.74 Å². The summed E-state index contributed by atoms with van der Waals surface area (Å²) in [4.78, 5) is 10.9. The summed E-state index contributed by atoms with van der Waals surface area (Å²) in [5, 5.41) is 3.23. The van der Waals surface area contributed by atoms with Crippen LogP contribution in [0.4, 0.5) is 5.82 Å². The number of hydrogen-bond donors (Lipinski definition) is 1. The maximum atomic E-state index is 5.37. The van der Waals surface area contributed by atoms with Gasteiger partial charge in [-0.2, -0.15) is 4.98 Å². The van der Waals surface area contributed by atoms with E-state index in [0.717, 1.165) is 25.5 Å². The largest absolute Gasteiger partial charge is 0.477 e. The van der Waals surface area contributed by atoms with E-state index in [9.17, 15) is 0 Å². The predicted octanol–water partition coefficient (Wildman–Crippen LogP) is 0.921. The van der Waals surface area contributed by atoms with Crippen molar-refractivity contribution in [2.45, 2.75) is 13.3 Å². The van der Waals surface area contributed by atoms with Gasteiger partial charge in [-0.05, 0) is 32.9 Å². The summed E-state index contributed by atoms with van der Waals surface area (Å²) >= 11 is 0. The molecular formula is C12H20N4O. The van der Waals surface area contributed by atoms with Gasteiger partial charge in [-0.1, -0.05) is 0 Å². The lowest BCUT2D eigenvalue weighted by Crippen LogP contribution is -2.25. The van der Waals surface area contributed by atoms with Gasteiger partial charge in [-0.15, -0.1) is 0 Å². The summed E-state index contributed by atoms with van der Waals surface area (Å²) in [6.45, 7) is 5.74. The SMILES string of the molecule is CCOc1cncc(N2CCC(CNC)C2)n1. The third-order valence-corrected chi connectivity index (χ3v) is 2.99. The van der Waals surface area contributed by atoms with Gasteiger partial charge in [-0.25, -0.2) is 0 Å². The van der Waals surface area contributed by atoms with Gasteiger partial charge in [0.15, 0.2) is 5.82 Å². The minimum Gasteiger partial charge on any atom is -0.477 e. The number of ether oxygens (including phenoxy) is 1. The lowest BCUT2D eigenvalue weighted by atomic mass is 10.1. The summed E-state index contributed by atoms with van der Waals surface area (Å²) in [6, 6.07) is 0.